The Balaban J connectivity index is 1.40. The quantitative estimate of drug-likeness (QED) is 0.670. The predicted octanol–water partition coefficient (Wildman–Crippen LogP) is 2.68. The van der Waals surface area contributed by atoms with Crippen molar-refractivity contribution in [2.75, 3.05) is 13.1 Å². The summed E-state index contributed by atoms with van der Waals surface area (Å²) in [6, 6.07) is 6.03. The van der Waals surface area contributed by atoms with Gasteiger partial charge in [0.05, 0.1) is 23.4 Å². The van der Waals surface area contributed by atoms with E-state index >= 15 is 0 Å². The summed E-state index contributed by atoms with van der Waals surface area (Å²) >= 11 is 0. The molecular weight excluding hydrogens is 358 g/mol. The summed E-state index contributed by atoms with van der Waals surface area (Å²) in [4.78, 5) is 19.2. The highest BCUT2D eigenvalue weighted by atomic mass is 16.6. The molecule has 1 aliphatic rings. The van der Waals surface area contributed by atoms with Crippen LogP contribution in [-0.4, -0.2) is 44.4 Å². The zero-order valence-electron chi connectivity index (χ0n) is 16.3. The van der Waals surface area contributed by atoms with Gasteiger partial charge in [0.15, 0.2) is 0 Å². The molecule has 146 valence electrons. The van der Waals surface area contributed by atoms with Gasteiger partial charge in [-0.1, -0.05) is 21.5 Å². The topological polar surface area (TPSA) is 98.2 Å². The molecule has 28 heavy (non-hydrogen) atoms. The third kappa shape index (κ3) is 3.67. The van der Waals surface area contributed by atoms with Crippen molar-refractivity contribution < 1.29 is 13.9 Å². The molecule has 0 saturated carbocycles. The fourth-order valence-electron chi connectivity index (χ4n) is 3.77. The van der Waals surface area contributed by atoms with Crippen LogP contribution in [0.25, 0.3) is 11.3 Å². The van der Waals surface area contributed by atoms with E-state index in [0.717, 1.165) is 54.3 Å². The van der Waals surface area contributed by atoms with Crippen LogP contribution >= 0.6 is 0 Å². The molecule has 1 aliphatic heterocycles. The van der Waals surface area contributed by atoms with Gasteiger partial charge in [-0.25, -0.2) is 4.63 Å². The minimum Gasteiger partial charge on any atom is -0.361 e. The maximum absolute atomic E-state index is 12.5. The molecule has 0 aliphatic carbocycles. The third-order valence-corrected chi connectivity index (χ3v) is 5.30. The summed E-state index contributed by atoms with van der Waals surface area (Å²) in [5.41, 5.74) is 4.99. The average molecular weight is 381 g/mol. The molecular formula is C20H23N5O3. The molecule has 3 aromatic rings. The molecule has 1 saturated heterocycles. The second-order valence-corrected chi connectivity index (χ2v) is 7.39. The lowest BCUT2D eigenvalue weighted by molar-refractivity contribution is -0.129. The van der Waals surface area contributed by atoms with E-state index in [4.69, 9.17) is 9.51 Å². The maximum Gasteiger partial charge on any atom is 0.228 e. The molecule has 1 atom stereocenters. The molecule has 4 heterocycles. The number of pyridine rings is 1. The monoisotopic (exact) mass is 381 g/mol. The van der Waals surface area contributed by atoms with Gasteiger partial charge in [-0.15, -0.1) is 0 Å². The Hall–Kier alpha value is -3.03. The Morgan fingerprint density at radius 2 is 2.04 bits per heavy atom. The Morgan fingerprint density at radius 1 is 1.18 bits per heavy atom. The van der Waals surface area contributed by atoms with E-state index in [1.807, 2.05) is 36.9 Å². The number of aryl methyl sites for hydroxylation is 3. The number of amides is 1. The molecule has 1 fully saturated rings. The number of likely N-dealkylation sites (tertiary alicyclic amines) is 1. The molecule has 3 aromatic heterocycles. The first-order valence-electron chi connectivity index (χ1n) is 9.46. The first-order valence-corrected chi connectivity index (χ1v) is 9.46. The maximum atomic E-state index is 12.5. The highest BCUT2D eigenvalue weighted by Gasteiger charge is 2.27. The Labute approximate surface area is 162 Å². The number of nitrogens with zero attached hydrogens (tertiary/aromatic N) is 5. The van der Waals surface area contributed by atoms with Gasteiger partial charge in [0.25, 0.3) is 0 Å². The largest absolute Gasteiger partial charge is 0.361 e. The second kappa shape index (κ2) is 7.53. The van der Waals surface area contributed by atoms with E-state index in [-0.39, 0.29) is 12.3 Å². The molecule has 8 heteroatoms. The van der Waals surface area contributed by atoms with Crippen LogP contribution in [0, 0.1) is 26.7 Å². The summed E-state index contributed by atoms with van der Waals surface area (Å²) in [6.45, 7) is 7.12. The summed E-state index contributed by atoms with van der Waals surface area (Å²) in [7, 11) is 0. The van der Waals surface area contributed by atoms with E-state index < -0.39 is 0 Å². The van der Waals surface area contributed by atoms with Crippen molar-refractivity contribution in [1.82, 2.24) is 25.4 Å². The minimum absolute atomic E-state index is 0.0683. The lowest BCUT2D eigenvalue weighted by atomic mass is 10.0. The zero-order valence-corrected chi connectivity index (χ0v) is 16.3. The first kappa shape index (κ1) is 18.3. The molecule has 8 nitrogen and oxygen atoms in total. The van der Waals surface area contributed by atoms with Crippen LogP contribution < -0.4 is 0 Å². The van der Waals surface area contributed by atoms with E-state index in [1.165, 1.54) is 0 Å². The number of hydrogen-bond acceptors (Lipinski definition) is 7. The third-order valence-electron chi connectivity index (χ3n) is 5.30. The number of carbonyl (C=O) groups is 1. The lowest BCUT2D eigenvalue weighted by Gasteiger charge is -2.16. The van der Waals surface area contributed by atoms with Gasteiger partial charge < -0.3 is 9.42 Å². The van der Waals surface area contributed by atoms with Crippen molar-refractivity contribution in [3.8, 4) is 11.3 Å². The lowest BCUT2D eigenvalue weighted by Crippen LogP contribution is -2.30. The van der Waals surface area contributed by atoms with Crippen LogP contribution in [0.2, 0.25) is 0 Å². The van der Waals surface area contributed by atoms with Crippen LogP contribution in [0.1, 0.15) is 35.0 Å². The second-order valence-electron chi connectivity index (χ2n) is 7.39. The Bertz CT molecular complexity index is 974. The van der Waals surface area contributed by atoms with Crippen LogP contribution in [0.4, 0.5) is 0 Å². The fraction of sp³-hybridized carbons (Fsp3) is 0.450. The minimum atomic E-state index is 0.0683. The Morgan fingerprint density at radius 3 is 2.75 bits per heavy atom. The van der Waals surface area contributed by atoms with Crippen molar-refractivity contribution in [2.45, 2.75) is 40.0 Å². The summed E-state index contributed by atoms with van der Waals surface area (Å²) < 4.78 is 9.94. The van der Waals surface area contributed by atoms with Gasteiger partial charge >= 0.3 is 0 Å². The molecule has 0 N–H and O–H groups in total. The highest BCUT2D eigenvalue weighted by molar-refractivity contribution is 5.78. The first-order chi connectivity index (χ1) is 13.5. The summed E-state index contributed by atoms with van der Waals surface area (Å²) in [6.07, 6.45) is 2.05. The predicted molar refractivity (Wildman–Crippen MR) is 100 cm³/mol. The van der Waals surface area contributed by atoms with E-state index in [0.29, 0.717) is 17.3 Å². The molecule has 0 aromatic carbocycles. The van der Waals surface area contributed by atoms with Crippen LogP contribution in [0.15, 0.2) is 27.4 Å². The SMILES string of the molecule is Cc1nonc1CC(=O)N1CCC(Cc2cccc(-c3c(C)noc3C)n2)C1. The summed E-state index contributed by atoms with van der Waals surface area (Å²) in [5.74, 6) is 1.24. The highest BCUT2D eigenvalue weighted by Crippen LogP contribution is 2.27. The van der Waals surface area contributed by atoms with Gasteiger partial charge in [0.1, 0.15) is 17.1 Å². The van der Waals surface area contributed by atoms with Gasteiger partial charge in [-0.3, -0.25) is 9.78 Å². The summed E-state index contributed by atoms with van der Waals surface area (Å²) in [5, 5.41) is 11.6. The van der Waals surface area contributed by atoms with E-state index in [1.54, 1.807) is 6.92 Å². The van der Waals surface area contributed by atoms with Crippen molar-refractivity contribution in [3.63, 3.8) is 0 Å². The molecule has 1 unspecified atom stereocenters. The van der Waals surface area contributed by atoms with Crippen molar-refractivity contribution >= 4 is 5.91 Å². The fourth-order valence-corrected chi connectivity index (χ4v) is 3.77. The van der Waals surface area contributed by atoms with E-state index in [2.05, 4.69) is 20.1 Å². The standard InChI is InChI=1S/C20H23N5O3/c1-12-18(24-28-23-12)10-19(26)25-8-7-15(11-25)9-16-5-4-6-17(21-16)20-13(2)22-27-14(20)3/h4-6,15H,7-11H2,1-3H3. The molecule has 0 radical (unpaired) electrons. The smallest absolute Gasteiger partial charge is 0.228 e. The van der Waals surface area contributed by atoms with Crippen molar-refractivity contribution in [1.29, 1.82) is 0 Å². The van der Waals surface area contributed by atoms with E-state index in [9.17, 15) is 4.79 Å². The number of aromatic nitrogens is 4. The molecule has 1 amide bonds. The number of hydrogen-bond donors (Lipinski definition) is 0. The van der Waals surface area contributed by atoms with Crippen LogP contribution in [0.3, 0.4) is 0 Å². The zero-order chi connectivity index (χ0) is 19.7. The normalized spacial score (nSPS) is 16.7. The van der Waals surface area contributed by atoms with Gasteiger partial charge in [-0.05, 0) is 51.7 Å². The molecule has 4 rings (SSSR count). The van der Waals surface area contributed by atoms with Gasteiger partial charge in [-0.2, -0.15) is 0 Å². The van der Waals surface area contributed by atoms with Gasteiger partial charge in [0, 0.05) is 18.8 Å². The Kier molecular flexibility index (Phi) is 4.93. The van der Waals surface area contributed by atoms with Crippen LogP contribution in [0.5, 0.6) is 0 Å². The van der Waals surface area contributed by atoms with Gasteiger partial charge in [0.2, 0.25) is 5.91 Å². The molecule has 0 spiro atoms. The average Bonchev–Trinajstić information content (AvgIpc) is 3.37. The molecule has 0 bridgehead atoms. The van der Waals surface area contributed by atoms with Crippen molar-refractivity contribution in [3.05, 3.63) is 46.7 Å². The van der Waals surface area contributed by atoms with Crippen LogP contribution in [-0.2, 0) is 17.6 Å². The number of rotatable bonds is 5. The number of carbonyl (C=O) groups excluding carboxylic acids is 1. The van der Waals surface area contributed by atoms with Crippen molar-refractivity contribution in [2.24, 2.45) is 5.92 Å².